The minimum atomic E-state index is -0.380. The van der Waals surface area contributed by atoms with Gasteiger partial charge in [-0.2, -0.15) is 0 Å². The summed E-state index contributed by atoms with van der Waals surface area (Å²) in [7, 11) is 0. The van der Waals surface area contributed by atoms with E-state index in [-0.39, 0.29) is 24.5 Å². The average molecular weight is 430 g/mol. The maximum absolute atomic E-state index is 11.8. The van der Waals surface area contributed by atoms with Crippen LogP contribution in [-0.2, 0) is 9.59 Å². The number of hydrogen-bond acceptors (Lipinski definition) is 6. The van der Waals surface area contributed by atoms with Gasteiger partial charge >= 0.3 is 0 Å². The molecule has 30 heavy (non-hydrogen) atoms. The highest BCUT2D eigenvalue weighted by Crippen LogP contribution is 2.32. The van der Waals surface area contributed by atoms with Crippen molar-refractivity contribution in [3.8, 4) is 5.75 Å². The van der Waals surface area contributed by atoms with Crippen molar-refractivity contribution in [2.45, 2.75) is 26.7 Å². The maximum atomic E-state index is 11.8. The van der Waals surface area contributed by atoms with Crippen LogP contribution in [0.2, 0.25) is 0 Å². The number of carbonyl (C=O) groups is 3. The van der Waals surface area contributed by atoms with Crippen LogP contribution in [0.5, 0.6) is 5.75 Å². The predicted octanol–water partition coefficient (Wildman–Crippen LogP) is 3.42. The zero-order valence-electron chi connectivity index (χ0n) is 15.9. The van der Waals surface area contributed by atoms with Crippen LogP contribution in [-0.4, -0.2) is 36.7 Å². The second-order valence-corrected chi connectivity index (χ2v) is 7.51. The first kappa shape index (κ1) is 23.4. The van der Waals surface area contributed by atoms with Gasteiger partial charge in [-0.3, -0.25) is 19.7 Å². The Balaban J connectivity index is 0.00000320. The third-order valence-electron chi connectivity index (χ3n) is 4.36. The fourth-order valence-electron chi connectivity index (χ4n) is 2.94. The molecule has 2 aromatic carbocycles. The average Bonchev–Trinajstić information content (AvgIpc) is 3.03. The van der Waals surface area contributed by atoms with Crippen molar-refractivity contribution < 1.29 is 19.1 Å². The number of carbonyl (C=O) groups excluding carboxylic acids is 3. The number of rotatable bonds is 9. The van der Waals surface area contributed by atoms with Crippen LogP contribution in [0, 0.1) is 0 Å². The molecule has 1 aliphatic rings. The molecule has 0 bridgehead atoms. The Hall–Kier alpha value is -2.84. The summed E-state index contributed by atoms with van der Waals surface area (Å²) >= 11 is 0.893. The van der Waals surface area contributed by atoms with Crippen LogP contribution in [0.4, 0.5) is 4.79 Å². The van der Waals surface area contributed by atoms with Gasteiger partial charge in [-0.1, -0.05) is 37.8 Å². The number of imide groups is 1. The topological polar surface area (TPSA) is 111 Å². The van der Waals surface area contributed by atoms with E-state index in [2.05, 4.69) is 10.6 Å². The summed E-state index contributed by atoms with van der Waals surface area (Å²) < 4.78 is 5.90. The van der Waals surface area contributed by atoms with Crippen LogP contribution in [0.3, 0.4) is 0 Å². The first-order valence-electron chi connectivity index (χ1n) is 9.44. The summed E-state index contributed by atoms with van der Waals surface area (Å²) in [6.07, 6.45) is 3.48. The molecule has 3 amide bonds. The first-order valence-corrected chi connectivity index (χ1v) is 10.3. The fourth-order valence-corrected chi connectivity index (χ4v) is 3.61. The van der Waals surface area contributed by atoms with Gasteiger partial charge in [0.15, 0.2) is 0 Å². The van der Waals surface area contributed by atoms with Crippen LogP contribution in [0.15, 0.2) is 41.3 Å². The molecule has 1 aliphatic heterocycles. The zero-order valence-corrected chi connectivity index (χ0v) is 16.7. The molecule has 160 valence electrons. The monoisotopic (exact) mass is 429 g/mol. The van der Waals surface area contributed by atoms with Gasteiger partial charge in [0.25, 0.3) is 11.1 Å². The third-order valence-corrected chi connectivity index (χ3v) is 5.17. The summed E-state index contributed by atoms with van der Waals surface area (Å²) in [5.74, 6) is 0.329. The molecule has 2 aromatic rings. The molecule has 0 atom stereocenters. The van der Waals surface area contributed by atoms with Crippen molar-refractivity contribution in [1.82, 2.24) is 10.6 Å². The lowest BCUT2D eigenvalue weighted by Gasteiger charge is -2.11. The molecule has 0 unspecified atom stereocenters. The summed E-state index contributed by atoms with van der Waals surface area (Å²) in [4.78, 5) is 35.3. The third kappa shape index (κ3) is 6.08. The highest BCUT2D eigenvalue weighted by atomic mass is 32.2. The summed E-state index contributed by atoms with van der Waals surface area (Å²) in [6.45, 7) is 1.57. The molecule has 0 aromatic heterocycles. The van der Waals surface area contributed by atoms with Gasteiger partial charge in [0.2, 0.25) is 5.91 Å². The van der Waals surface area contributed by atoms with E-state index in [1.54, 1.807) is 6.08 Å². The van der Waals surface area contributed by atoms with E-state index in [1.807, 2.05) is 36.4 Å². The van der Waals surface area contributed by atoms with Crippen LogP contribution < -0.4 is 21.1 Å². The van der Waals surface area contributed by atoms with Gasteiger partial charge in [-0.15, -0.1) is 0 Å². The van der Waals surface area contributed by atoms with Crippen LogP contribution >= 0.6 is 11.8 Å². The van der Waals surface area contributed by atoms with Gasteiger partial charge in [-0.05, 0) is 54.2 Å². The molecule has 1 fully saturated rings. The van der Waals surface area contributed by atoms with E-state index < -0.39 is 0 Å². The van der Waals surface area contributed by atoms with Gasteiger partial charge < -0.3 is 15.8 Å². The van der Waals surface area contributed by atoms with Gasteiger partial charge in [-0.25, -0.2) is 0 Å². The molecule has 1 saturated heterocycles. The minimum Gasteiger partial charge on any atom is -0.493 e. The normalized spacial score (nSPS) is 14.5. The lowest BCUT2D eigenvalue weighted by molar-refractivity contribution is -0.121. The maximum Gasteiger partial charge on any atom is 0.290 e. The van der Waals surface area contributed by atoms with Crippen molar-refractivity contribution in [3.05, 3.63) is 46.9 Å². The van der Waals surface area contributed by atoms with Crippen molar-refractivity contribution in [2.75, 3.05) is 19.7 Å². The Kier molecular flexibility index (Phi) is 8.89. The smallest absolute Gasteiger partial charge is 0.290 e. The van der Waals surface area contributed by atoms with E-state index in [1.165, 1.54) is 0 Å². The predicted molar refractivity (Wildman–Crippen MR) is 121 cm³/mol. The van der Waals surface area contributed by atoms with Crippen molar-refractivity contribution in [1.29, 1.82) is 0 Å². The zero-order chi connectivity index (χ0) is 20.6. The number of ether oxygens (including phenoxy) is 1. The molecule has 8 heteroatoms. The van der Waals surface area contributed by atoms with Crippen molar-refractivity contribution >= 4 is 45.7 Å². The highest BCUT2D eigenvalue weighted by Gasteiger charge is 2.25. The van der Waals surface area contributed by atoms with E-state index in [4.69, 9.17) is 10.5 Å². The molecule has 0 spiro atoms. The Morgan fingerprint density at radius 3 is 2.60 bits per heavy atom. The number of thioether (sulfide) groups is 1. The number of benzene rings is 2. The molecular formula is C22H27N3O4S. The molecule has 1 heterocycles. The number of amides is 3. The summed E-state index contributed by atoms with van der Waals surface area (Å²) in [5, 5.41) is 6.54. The second kappa shape index (κ2) is 11.4. The van der Waals surface area contributed by atoms with Crippen LogP contribution in [0.1, 0.15) is 32.3 Å². The SMILES string of the molecule is C.NCCCNC(=O)CCCOc1ccc(/C=C2\SC(=O)NC2=O)c2ccccc12. The number of nitrogens with two attached hydrogens (primary N) is 1. The Morgan fingerprint density at radius 1 is 1.13 bits per heavy atom. The van der Waals surface area contributed by atoms with Crippen LogP contribution in [0.25, 0.3) is 16.8 Å². The second-order valence-electron chi connectivity index (χ2n) is 6.49. The van der Waals surface area contributed by atoms with E-state index in [0.717, 1.165) is 34.5 Å². The highest BCUT2D eigenvalue weighted by molar-refractivity contribution is 8.18. The van der Waals surface area contributed by atoms with Gasteiger partial charge in [0.05, 0.1) is 11.5 Å². The number of nitrogens with one attached hydrogen (secondary N) is 2. The van der Waals surface area contributed by atoms with E-state index >= 15 is 0 Å². The molecular weight excluding hydrogens is 402 g/mol. The van der Waals surface area contributed by atoms with E-state index in [9.17, 15) is 14.4 Å². The van der Waals surface area contributed by atoms with Gasteiger partial charge in [0.1, 0.15) is 5.75 Å². The Labute approximate surface area is 180 Å². The lowest BCUT2D eigenvalue weighted by atomic mass is 10.0. The Bertz CT molecular complexity index is 959. The van der Waals surface area contributed by atoms with E-state index in [0.29, 0.717) is 43.2 Å². The Morgan fingerprint density at radius 2 is 1.90 bits per heavy atom. The number of fused-ring (bicyclic) bond motifs is 1. The summed E-state index contributed by atoms with van der Waals surface area (Å²) in [6, 6.07) is 11.4. The molecule has 0 aliphatic carbocycles. The first-order chi connectivity index (χ1) is 14.1. The number of hydrogen-bond donors (Lipinski definition) is 3. The molecule has 0 saturated carbocycles. The minimum absolute atomic E-state index is 0. The van der Waals surface area contributed by atoms with Crippen molar-refractivity contribution in [3.63, 3.8) is 0 Å². The summed E-state index contributed by atoms with van der Waals surface area (Å²) in [5.41, 5.74) is 6.24. The molecule has 4 N–H and O–H groups in total. The fraction of sp³-hybridized carbons (Fsp3) is 0.318. The van der Waals surface area contributed by atoms with Gasteiger partial charge in [0, 0.05) is 18.4 Å². The van der Waals surface area contributed by atoms with Crippen molar-refractivity contribution in [2.24, 2.45) is 5.73 Å². The lowest BCUT2D eigenvalue weighted by Crippen LogP contribution is -2.26. The molecule has 0 radical (unpaired) electrons. The standard InChI is InChI=1S/C21H23N3O4S.CH4/c22-10-4-11-23-19(25)7-3-12-28-17-9-8-14(15-5-1-2-6-16(15)17)13-18-20(26)24-21(27)29-18;/h1-2,5-6,8-9,13H,3-4,7,10-12,22H2,(H,23,25)(H,24,26,27);1H4/b18-13-;. The quantitative estimate of drug-likeness (QED) is 0.416. The largest absolute Gasteiger partial charge is 0.493 e. The molecule has 3 rings (SSSR count). The molecule has 7 nitrogen and oxygen atoms in total.